The summed E-state index contributed by atoms with van der Waals surface area (Å²) in [7, 11) is 0. The highest BCUT2D eigenvalue weighted by atomic mass is 16.2. The van der Waals surface area contributed by atoms with Gasteiger partial charge in [0.25, 0.3) is 0 Å². The van der Waals surface area contributed by atoms with Gasteiger partial charge >= 0.3 is 0 Å². The van der Waals surface area contributed by atoms with E-state index in [0.29, 0.717) is 25.3 Å². The summed E-state index contributed by atoms with van der Waals surface area (Å²) in [5.41, 5.74) is -0.721. The Morgan fingerprint density at radius 1 is 1.00 bits per heavy atom. The molecule has 0 fully saturated rings. The Balaban J connectivity index is 5.39. The SMILES string of the molecule is CCCNC(=O)C(C)(C)CC(C)(C)N(CCC(C)(C)C)C(=O)CC(C)C. The smallest absolute Gasteiger partial charge is 0.225 e. The topological polar surface area (TPSA) is 49.4 Å². The Bertz CT molecular complexity index is 459. The summed E-state index contributed by atoms with van der Waals surface area (Å²) >= 11 is 0. The lowest BCUT2D eigenvalue weighted by Crippen LogP contribution is -2.53. The summed E-state index contributed by atoms with van der Waals surface area (Å²) < 4.78 is 0. The van der Waals surface area contributed by atoms with Gasteiger partial charge in [-0.15, -0.1) is 0 Å². The van der Waals surface area contributed by atoms with Crippen LogP contribution in [0.4, 0.5) is 0 Å². The van der Waals surface area contributed by atoms with Crippen molar-refractivity contribution in [3.05, 3.63) is 0 Å². The van der Waals surface area contributed by atoms with Crippen LogP contribution >= 0.6 is 0 Å². The van der Waals surface area contributed by atoms with Crippen molar-refractivity contribution in [2.75, 3.05) is 13.1 Å². The molecule has 0 rings (SSSR count). The van der Waals surface area contributed by atoms with Crippen LogP contribution in [-0.2, 0) is 9.59 Å². The zero-order valence-corrected chi connectivity index (χ0v) is 19.1. The minimum atomic E-state index is -0.517. The third-order valence-electron chi connectivity index (χ3n) is 4.72. The number of hydrogen-bond donors (Lipinski definition) is 1. The average Bonchev–Trinajstić information content (AvgIpc) is 2.40. The van der Waals surface area contributed by atoms with Crippen LogP contribution in [0.3, 0.4) is 0 Å². The Labute approximate surface area is 162 Å². The maximum absolute atomic E-state index is 13.0. The first kappa shape index (κ1) is 24.9. The predicted molar refractivity (Wildman–Crippen MR) is 111 cm³/mol. The zero-order valence-electron chi connectivity index (χ0n) is 19.1. The van der Waals surface area contributed by atoms with Crippen molar-refractivity contribution in [3.8, 4) is 0 Å². The van der Waals surface area contributed by atoms with Crippen molar-refractivity contribution in [1.29, 1.82) is 0 Å². The highest BCUT2D eigenvalue weighted by molar-refractivity contribution is 5.82. The van der Waals surface area contributed by atoms with Gasteiger partial charge in [-0.05, 0) is 44.4 Å². The Hall–Kier alpha value is -1.06. The fraction of sp³-hybridized carbons (Fsp3) is 0.909. The molecule has 0 bridgehead atoms. The number of rotatable bonds is 10. The first-order chi connectivity index (χ1) is 11.6. The highest BCUT2D eigenvalue weighted by Gasteiger charge is 2.39. The fourth-order valence-corrected chi connectivity index (χ4v) is 3.41. The second-order valence-corrected chi connectivity index (χ2v) is 10.6. The van der Waals surface area contributed by atoms with E-state index in [1.54, 1.807) is 0 Å². The lowest BCUT2D eigenvalue weighted by Gasteiger charge is -2.44. The van der Waals surface area contributed by atoms with E-state index < -0.39 is 5.41 Å². The van der Waals surface area contributed by atoms with Crippen molar-refractivity contribution in [2.24, 2.45) is 16.7 Å². The minimum absolute atomic E-state index is 0.0690. The van der Waals surface area contributed by atoms with Gasteiger partial charge in [0.05, 0.1) is 0 Å². The van der Waals surface area contributed by atoms with Crippen molar-refractivity contribution in [2.45, 2.75) is 100 Å². The van der Waals surface area contributed by atoms with E-state index in [1.807, 2.05) is 18.7 Å². The monoisotopic (exact) mass is 368 g/mol. The second kappa shape index (κ2) is 9.75. The summed E-state index contributed by atoms with van der Waals surface area (Å²) in [4.78, 5) is 27.6. The van der Waals surface area contributed by atoms with E-state index in [1.165, 1.54) is 0 Å². The minimum Gasteiger partial charge on any atom is -0.356 e. The maximum Gasteiger partial charge on any atom is 0.225 e. The summed E-state index contributed by atoms with van der Waals surface area (Å²) in [6, 6.07) is 0. The third-order valence-corrected chi connectivity index (χ3v) is 4.72. The van der Waals surface area contributed by atoms with Crippen LogP contribution < -0.4 is 5.32 Å². The van der Waals surface area contributed by atoms with Gasteiger partial charge in [-0.2, -0.15) is 0 Å². The number of carbonyl (C=O) groups excluding carboxylic acids is 2. The predicted octanol–water partition coefficient (Wildman–Crippen LogP) is 5.02. The van der Waals surface area contributed by atoms with Crippen LogP contribution in [0.1, 0.15) is 94.9 Å². The molecule has 0 atom stereocenters. The van der Waals surface area contributed by atoms with Gasteiger partial charge in [0.1, 0.15) is 0 Å². The Morgan fingerprint density at radius 3 is 1.96 bits per heavy atom. The zero-order chi connectivity index (χ0) is 20.8. The second-order valence-electron chi connectivity index (χ2n) is 10.6. The molecule has 0 unspecified atom stereocenters. The summed E-state index contributed by atoms with van der Waals surface area (Å²) in [5.74, 6) is 0.592. The molecule has 0 heterocycles. The number of nitrogens with one attached hydrogen (secondary N) is 1. The summed E-state index contributed by atoms with van der Waals surface area (Å²) in [5, 5.41) is 3.01. The van der Waals surface area contributed by atoms with E-state index in [2.05, 4.69) is 60.7 Å². The Morgan fingerprint density at radius 2 is 1.54 bits per heavy atom. The molecule has 0 radical (unpaired) electrons. The van der Waals surface area contributed by atoms with Crippen LogP contribution in [0.5, 0.6) is 0 Å². The molecule has 154 valence electrons. The van der Waals surface area contributed by atoms with E-state index in [9.17, 15) is 9.59 Å². The van der Waals surface area contributed by atoms with Crippen molar-refractivity contribution in [1.82, 2.24) is 10.2 Å². The molecule has 0 saturated carbocycles. The van der Waals surface area contributed by atoms with Crippen molar-refractivity contribution in [3.63, 3.8) is 0 Å². The molecule has 0 saturated heterocycles. The quantitative estimate of drug-likeness (QED) is 0.588. The molecule has 4 heteroatoms. The lowest BCUT2D eigenvalue weighted by atomic mass is 9.77. The molecule has 4 nitrogen and oxygen atoms in total. The van der Waals surface area contributed by atoms with Crippen LogP contribution in [-0.4, -0.2) is 35.3 Å². The summed E-state index contributed by atoms with van der Waals surface area (Å²) in [6.07, 6.45) is 3.07. The molecular weight excluding hydrogens is 324 g/mol. The number of amides is 2. The number of nitrogens with zero attached hydrogens (tertiary/aromatic N) is 1. The van der Waals surface area contributed by atoms with Gasteiger partial charge in [0.2, 0.25) is 11.8 Å². The molecule has 0 spiro atoms. The third kappa shape index (κ3) is 9.05. The summed E-state index contributed by atoms with van der Waals surface area (Å²) in [6.45, 7) is 22.4. The van der Waals surface area contributed by atoms with E-state index in [0.717, 1.165) is 19.4 Å². The van der Waals surface area contributed by atoms with Crippen LogP contribution in [0.2, 0.25) is 0 Å². The standard InChI is InChI=1S/C22H44N2O2/c1-11-13-23-19(26)21(7,8)16-22(9,10)24(14-12-20(4,5)6)18(25)15-17(2)3/h17H,11-16H2,1-10H3,(H,23,26). The first-order valence-corrected chi connectivity index (χ1v) is 10.2. The normalized spacial score (nSPS) is 13.0. The molecular formula is C22H44N2O2. The van der Waals surface area contributed by atoms with Gasteiger partial charge in [0, 0.05) is 30.5 Å². The van der Waals surface area contributed by atoms with Crippen LogP contribution in [0, 0.1) is 16.7 Å². The van der Waals surface area contributed by atoms with Gasteiger partial charge in [0.15, 0.2) is 0 Å². The van der Waals surface area contributed by atoms with E-state index in [-0.39, 0.29) is 22.8 Å². The van der Waals surface area contributed by atoms with Gasteiger partial charge < -0.3 is 10.2 Å². The average molecular weight is 369 g/mol. The molecule has 0 aliphatic heterocycles. The number of hydrogen-bond acceptors (Lipinski definition) is 2. The van der Waals surface area contributed by atoms with Gasteiger partial charge in [-0.1, -0.05) is 55.4 Å². The molecule has 0 aliphatic rings. The largest absolute Gasteiger partial charge is 0.356 e. The van der Waals surface area contributed by atoms with E-state index in [4.69, 9.17) is 0 Å². The Kier molecular flexibility index (Phi) is 9.36. The lowest BCUT2D eigenvalue weighted by molar-refractivity contribution is -0.142. The van der Waals surface area contributed by atoms with Crippen LogP contribution in [0.15, 0.2) is 0 Å². The fourth-order valence-electron chi connectivity index (χ4n) is 3.41. The first-order valence-electron chi connectivity index (χ1n) is 10.2. The van der Waals surface area contributed by atoms with Crippen molar-refractivity contribution >= 4 is 11.8 Å². The van der Waals surface area contributed by atoms with Gasteiger partial charge in [-0.25, -0.2) is 0 Å². The number of carbonyl (C=O) groups is 2. The molecule has 26 heavy (non-hydrogen) atoms. The van der Waals surface area contributed by atoms with Gasteiger partial charge in [-0.3, -0.25) is 9.59 Å². The molecule has 2 amide bonds. The molecule has 0 aliphatic carbocycles. The molecule has 0 aromatic rings. The maximum atomic E-state index is 13.0. The molecule has 0 aromatic heterocycles. The van der Waals surface area contributed by atoms with Crippen molar-refractivity contribution < 1.29 is 9.59 Å². The van der Waals surface area contributed by atoms with Crippen LogP contribution in [0.25, 0.3) is 0 Å². The molecule has 1 N–H and O–H groups in total. The van der Waals surface area contributed by atoms with E-state index >= 15 is 0 Å². The molecule has 0 aromatic carbocycles. The highest BCUT2D eigenvalue weighted by Crippen LogP contribution is 2.34.